The Kier molecular flexibility index (Phi) is 7.82. The molecule has 2 rings (SSSR count). The number of esters is 1. The van der Waals surface area contributed by atoms with Crippen molar-refractivity contribution in [2.45, 2.75) is 26.2 Å². The Morgan fingerprint density at radius 3 is 2.33 bits per heavy atom. The van der Waals surface area contributed by atoms with Gasteiger partial charge in [0, 0.05) is 22.8 Å². The molecule has 0 aliphatic heterocycles. The van der Waals surface area contributed by atoms with Gasteiger partial charge in [0.15, 0.2) is 6.61 Å². The summed E-state index contributed by atoms with van der Waals surface area (Å²) in [5.41, 5.74) is 2.31. The van der Waals surface area contributed by atoms with E-state index in [0.717, 1.165) is 17.7 Å². The summed E-state index contributed by atoms with van der Waals surface area (Å²) in [4.78, 5) is 35.5. The van der Waals surface area contributed by atoms with Gasteiger partial charge in [0.25, 0.3) is 5.91 Å². The third-order valence-corrected chi connectivity index (χ3v) is 3.97. The minimum atomic E-state index is -0.611. The van der Waals surface area contributed by atoms with E-state index >= 15 is 0 Å². The molecule has 0 radical (unpaired) electrons. The van der Waals surface area contributed by atoms with E-state index in [1.54, 1.807) is 24.3 Å². The number of nitrogens with one attached hydrogen (secondary N) is 2. The predicted octanol–water partition coefficient (Wildman–Crippen LogP) is 3.80. The molecule has 0 fully saturated rings. The molecule has 0 aliphatic rings. The van der Waals surface area contributed by atoms with Gasteiger partial charge in [-0.1, -0.05) is 36.7 Å². The maximum absolute atomic E-state index is 12.0. The maximum Gasteiger partial charge on any atom is 0.306 e. The lowest BCUT2D eigenvalue weighted by atomic mass is 10.1. The Hall–Kier alpha value is -2.86. The molecular formula is C20H21ClN2O4. The molecule has 2 N–H and O–H groups in total. The highest BCUT2D eigenvalue weighted by Crippen LogP contribution is 2.16. The second-order valence-electron chi connectivity index (χ2n) is 5.77. The quantitative estimate of drug-likeness (QED) is 0.673. The van der Waals surface area contributed by atoms with Crippen LogP contribution in [0.15, 0.2) is 48.5 Å². The summed E-state index contributed by atoms with van der Waals surface area (Å²) in [5, 5.41) is 5.92. The molecular weight excluding hydrogens is 368 g/mol. The van der Waals surface area contributed by atoms with Gasteiger partial charge in [-0.25, -0.2) is 0 Å². The van der Waals surface area contributed by atoms with Crippen LogP contribution in [-0.2, 0) is 25.5 Å². The van der Waals surface area contributed by atoms with E-state index in [0.29, 0.717) is 10.7 Å². The number of carbonyl (C=O) groups excluding carboxylic acids is 3. The number of carbonyl (C=O) groups is 3. The largest absolute Gasteiger partial charge is 0.456 e. The van der Waals surface area contributed by atoms with Crippen LogP contribution in [0.4, 0.5) is 11.4 Å². The molecule has 0 spiro atoms. The Bertz CT molecular complexity index is 806. The van der Waals surface area contributed by atoms with Crippen molar-refractivity contribution in [3.8, 4) is 0 Å². The molecule has 0 heterocycles. The van der Waals surface area contributed by atoms with Gasteiger partial charge in [-0.05, 0) is 42.3 Å². The van der Waals surface area contributed by atoms with E-state index < -0.39 is 18.5 Å². The fourth-order valence-electron chi connectivity index (χ4n) is 2.33. The van der Waals surface area contributed by atoms with E-state index in [-0.39, 0.29) is 18.7 Å². The summed E-state index contributed by atoms with van der Waals surface area (Å²) < 4.78 is 4.89. The van der Waals surface area contributed by atoms with Crippen LogP contribution in [0, 0.1) is 0 Å². The van der Waals surface area contributed by atoms with Gasteiger partial charge in [-0.3, -0.25) is 14.4 Å². The first-order valence-corrected chi connectivity index (χ1v) is 8.94. The normalized spacial score (nSPS) is 10.1. The second kappa shape index (κ2) is 10.3. The van der Waals surface area contributed by atoms with Gasteiger partial charge in [-0.2, -0.15) is 0 Å². The van der Waals surface area contributed by atoms with Crippen LogP contribution >= 0.6 is 11.6 Å². The highest BCUT2D eigenvalue weighted by atomic mass is 35.5. The summed E-state index contributed by atoms with van der Waals surface area (Å²) in [7, 11) is 0. The summed E-state index contributed by atoms with van der Waals surface area (Å²) in [5.74, 6) is -1.36. The average molecular weight is 389 g/mol. The molecule has 0 atom stereocenters. The van der Waals surface area contributed by atoms with Crippen LogP contribution in [0.5, 0.6) is 0 Å². The highest BCUT2D eigenvalue weighted by Gasteiger charge is 2.12. The van der Waals surface area contributed by atoms with E-state index in [2.05, 4.69) is 10.6 Å². The Balaban J connectivity index is 1.70. The molecule has 2 aromatic rings. The van der Waals surface area contributed by atoms with E-state index in [4.69, 9.17) is 16.3 Å². The molecule has 2 aromatic carbocycles. The van der Waals surface area contributed by atoms with Crippen molar-refractivity contribution < 1.29 is 19.1 Å². The number of para-hydroxylation sites is 1. The topological polar surface area (TPSA) is 84.5 Å². The third kappa shape index (κ3) is 7.11. The summed E-state index contributed by atoms with van der Waals surface area (Å²) in [6.45, 7) is 1.58. The highest BCUT2D eigenvalue weighted by molar-refractivity contribution is 6.30. The lowest BCUT2D eigenvalue weighted by Crippen LogP contribution is -2.21. The summed E-state index contributed by atoms with van der Waals surface area (Å²) in [6.07, 6.45) is 0.672. The van der Waals surface area contributed by atoms with Crippen molar-refractivity contribution in [1.82, 2.24) is 0 Å². The fraction of sp³-hybridized carbons (Fsp3) is 0.250. The number of amides is 2. The van der Waals surface area contributed by atoms with E-state index in [9.17, 15) is 14.4 Å². The molecule has 0 saturated carbocycles. The number of rotatable bonds is 8. The van der Waals surface area contributed by atoms with E-state index in [1.807, 2.05) is 31.2 Å². The van der Waals surface area contributed by atoms with Crippen molar-refractivity contribution in [2.24, 2.45) is 0 Å². The first kappa shape index (κ1) is 20.5. The van der Waals surface area contributed by atoms with Crippen molar-refractivity contribution in [3.05, 3.63) is 59.1 Å². The number of benzene rings is 2. The number of aryl methyl sites for hydroxylation is 1. The number of anilines is 2. The molecule has 142 valence electrons. The molecule has 0 aliphatic carbocycles. The standard InChI is InChI=1S/C20H21ClN2O4/c1-2-14-5-3-4-6-17(14)23-18(24)11-12-20(26)27-13-19(25)22-16-9-7-15(21)8-10-16/h3-10H,2,11-13H2,1H3,(H,22,25)(H,23,24). The summed E-state index contributed by atoms with van der Waals surface area (Å²) in [6, 6.07) is 14.0. The fourth-order valence-corrected chi connectivity index (χ4v) is 2.45. The molecule has 0 aromatic heterocycles. The van der Waals surface area contributed by atoms with Crippen molar-refractivity contribution >= 4 is 40.8 Å². The molecule has 6 nitrogen and oxygen atoms in total. The molecule has 0 bridgehead atoms. The van der Waals surface area contributed by atoms with Crippen molar-refractivity contribution in [2.75, 3.05) is 17.2 Å². The van der Waals surface area contributed by atoms with Gasteiger partial charge in [0.2, 0.25) is 5.91 Å². The number of hydrogen-bond acceptors (Lipinski definition) is 4. The molecule has 27 heavy (non-hydrogen) atoms. The minimum absolute atomic E-state index is 0.0182. The molecule has 0 unspecified atom stereocenters. The van der Waals surface area contributed by atoms with E-state index in [1.165, 1.54) is 0 Å². The molecule has 0 saturated heterocycles. The smallest absolute Gasteiger partial charge is 0.306 e. The Morgan fingerprint density at radius 1 is 0.926 bits per heavy atom. The summed E-state index contributed by atoms with van der Waals surface area (Å²) >= 11 is 5.76. The zero-order valence-corrected chi connectivity index (χ0v) is 15.7. The molecule has 7 heteroatoms. The number of ether oxygens (including phenoxy) is 1. The lowest BCUT2D eigenvalue weighted by Gasteiger charge is -2.09. The first-order valence-electron chi connectivity index (χ1n) is 8.56. The lowest BCUT2D eigenvalue weighted by molar-refractivity contribution is -0.147. The second-order valence-corrected chi connectivity index (χ2v) is 6.21. The van der Waals surface area contributed by atoms with Gasteiger partial charge in [-0.15, -0.1) is 0 Å². The Labute approximate surface area is 162 Å². The number of hydrogen-bond donors (Lipinski definition) is 2. The zero-order chi connectivity index (χ0) is 19.6. The van der Waals surface area contributed by atoms with Crippen LogP contribution in [-0.4, -0.2) is 24.4 Å². The first-order chi connectivity index (χ1) is 13.0. The third-order valence-electron chi connectivity index (χ3n) is 3.72. The predicted molar refractivity (Wildman–Crippen MR) is 105 cm³/mol. The number of halogens is 1. The van der Waals surface area contributed by atoms with Crippen LogP contribution < -0.4 is 10.6 Å². The zero-order valence-electron chi connectivity index (χ0n) is 15.0. The monoisotopic (exact) mass is 388 g/mol. The molecule has 2 amide bonds. The van der Waals surface area contributed by atoms with Crippen LogP contribution in [0.25, 0.3) is 0 Å². The minimum Gasteiger partial charge on any atom is -0.456 e. The van der Waals surface area contributed by atoms with Crippen LogP contribution in [0.1, 0.15) is 25.3 Å². The van der Waals surface area contributed by atoms with Crippen LogP contribution in [0.3, 0.4) is 0 Å². The van der Waals surface area contributed by atoms with Gasteiger partial charge >= 0.3 is 5.97 Å². The van der Waals surface area contributed by atoms with Gasteiger partial charge in [0.05, 0.1) is 6.42 Å². The van der Waals surface area contributed by atoms with Crippen molar-refractivity contribution in [3.63, 3.8) is 0 Å². The average Bonchev–Trinajstić information content (AvgIpc) is 2.67. The van der Waals surface area contributed by atoms with Crippen molar-refractivity contribution in [1.29, 1.82) is 0 Å². The maximum atomic E-state index is 12.0. The van der Waals surface area contributed by atoms with Gasteiger partial charge < -0.3 is 15.4 Å². The Morgan fingerprint density at radius 2 is 1.63 bits per heavy atom. The van der Waals surface area contributed by atoms with Crippen LogP contribution in [0.2, 0.25) is 5.02 Å². The SMILES string of the molecule is CCc1ccccc1NC(=O)CCC(=O)OCC(=O)Nc1ccc(Cl)cc1. The van der Waals surface area contributed by atoms with Gasteiger partial charge in [0.1, 0.15) is 0 Å².